The van der Waals surface area contributed by atoms with E-state index in [0.29, 0.717) is 21.6 Å². The molecule has 7 heteroatoms. The molecular weight excluding hydrogens is 323 g/mol. The highest BCUT2D eigenvalue weighted by Gasteiger charge is 2.18. The Balaban J connectivity index is 2.70. The quantitative estimate of drug-likeness (QED) is 0.791. The fraction of sp³-hybridized carbons (Fsp3) is 0.273. The number of carboxylic acids is 1. The number of anilines is 1. The van der Waals surface area contributed by atoms with Crippen LogP contribution in [0.1, 0.15) is 13.3 Å². The van der Waals surface area contributed by atoms with Gasteiger partial charge in [-0.2, -0.15) is 0 Å². The van der Waals surface area contributed by atoms with Crippen molar-refractivity contribution in [2.45, 2.75) is 19.4 Å². The van der Waals surface area contributed by atoms with Gasteiger partial charge in [0.05, 0.1) is 15.2 Å². The summed E-state index contributed by atoms with van der Waals surface area (Å²) in [7, 11) is 0. The van der Waals surface area contributed by atoms with E-state index in [-0.39, 0.29) is 0 Å². The van der Waals surface area contributed by atoms with Crippen LogP contribution in [0.4, 0.5) is 10.5 Å². The van der Waals surface area contributed by atoms with E-state index < -0.39 is 18.0 Å². The molecule has 1 rings (SSSR count). The van der Waals surface area contributed by atoms with E-state index >= 15 is 0 Å². The number of rotatable bonds is 4. The normalized spacial score (nSPS) is 11.7. The molecule has 1 aromatic carbocycles. The zero-order valence-corrected chi connectivity index (χ0v) is 11.9. The van der Waals surface area contributed by atoms with Crippen LogP contribution in [0.25, 0.3) is 0 Å². The molecule has 3 N–H and O–H groups in total. The number of nitrogens with one attached hydrogen (secondary N) is 2. The van der Waals surface area contributed by atoms with E-state index in [4.69, 9.17) is 16.7 Å². The molecule has 2 amide bonds. The first-order valence-electron chi connectivity index (χ1n) is 5.20. The summed E-state index contributed by atoms with van der Waals surface area (Å²) in [6.07, 6.45) is 0.305. The first kappa shape index (κ1) is 14.8. The lowest BCUT2D eigenvalue weighted by Crippen LogP contribution is -2.42. The van der Waals surface area contributed by atoms with Crippen LogP contribution in [0.15, 0.2) is 22.7 Å². The molecule has 0 saturated heterocycles. The molecule has 0 heterocycles. The van der Waals surface area contributed by atoms with Crippen LogP contribution in [0.3, 0.4) is 0 Å². The Morgan fingerprint density at radius 2 is 2.17 bits per heavy atom. The van der Waals surface area contributed by atoms with Crippen molar-refractivity contribution in [1.29, 1.82) is 0 Å². The summed E-state index contributed by atoms with van der Waals surface area (Å²) in [4.78, 5) is 22.4. The van der Waals surface area contributed by atoms with Crippen molar-refractivity contribution in [3.63, 3.8) is 0 Å². The predicted molar refractivity (Wildman–Crippen MR) is 73.0 cm³/mol. The standard InChI is InChI=1S/C11H12BrClN2O3/c1-2-7(10(16)17)14-11(18)15-8-5-3-4-6(13)9(8)12/h3-5,7H,2H2,1H3,(H,16,17)(H2,14,15,18)/t7-/m0/s1. The van der Waals surface area contributed by atoms with Gasteiger partial charge in [0.2, 0.25) is 0 Å². The third kappa shape index (κ3) is 3.89. The Morgan fingerprint density at radius 3 is 2.72 bits per heavy atom. The third-order valence-corrected chi connectivity index (χ3v) is 3.61. The Morgan fingerprint density at radius 1 is 1.50 bits per heavy atom. The van der Waals surface area contributed by atoms with E-state index in [2.05, 4.69) is 26.6 Å². The predicted octanol–water partition coefficient (Wildman–Crippen LogP) is 3.09. The molecule has 0 bridgehead atoms. The minimum atomic E-state index is -1.07. The van der Waals surface area contributed by atoms with Gasteiger partial charge in [-0.25, -0.2) is 9.59 Å². The summed E-state index contributed by atoms with van der Waals surface area (Å²) in [6.45, 7) is 1.67. The number of hydrogen-bond acceptors (Lipinski definition) is 2. The minimum Gasteiger partial charge on any atom is -0.480 e. The first-order valence-corrected chi connectivity index (χ1v) is 6.37. The molecule has 0 fully saturated rings. The topological polar surface area (TPSA) is 78.4 Å². The van der Waals surface area contributed by atoms with Crippen molar-refractivity contribution in [2.24, 2.45) is 0 Å². The zero-order chi connectivity index (χ0) is 13.7. The zero-order valence-electron chi connectivity index (χ0n) is 9.54. The number of carboxylic acid groups (broad SMARTS) is 1. The van der Waals surface area contributed by atoms with Crippen LogP contribution in [0.5, 0.6) is 0 Å². The average molecular weight is 336 g/mol. The number of benzene rings is 1. The van der Waals surface area contributed by atoms with Crippen LogP contribution in [-0.2, 0) is 4.79 Å². The lowest BCUT2D eigenvalue weighted by molar-refractivity contribution is -0.139. The maximum Gasteiger partial charge on any atom is 0.326 e. The van der Waals surface area contributed by atoms with E-state index in [1.807, 2.05) is 0 Å². The van der Waals surface area contributed by atoms with Crippen LogP contribution < -0.4 is 10.6 Å². The number of aliphatic carboxylic acids is 1. The second-order valence-corrected chi connectivity index (χ2v) is 4.70. The molecule has 0 saturated carbocycles. The molecule has 0 spiro atoms. The summed E-state index contributed by atoms with van der Waals surface area (Å²) in [5.74, 6) is -1.07. The molecule has 0 aromatic heterocycles. The molecule has 98 valence electrons. The maximum atomic E-state index is 11.6. The van der Waals surface area contributed by atoms with E-state index in [0.717, 1.165) is 0 Å². The van der Waals surface area contributed by atoms with Gasteiger partial charge in [-0.1, -0.05) is 24.6 Å². The van der Waals surface area contributed by atoms with Gasteiger partial charge < -0.3 is 15.7 Å². The second-order valence-electron chi connectivity index (χ2n) is 3.50. The Labute approximate surface area is 118 Å². The molecule has 0 radical (unpaired) electrons. The highest BCUT2D eigenvalue weighted by atomic mass is 79.9. The molecule has 18 heavy (non-hydrogen) atoms. The van der Waals surface area contributed by atoms with Crippen LogP contribution in [0, 0.1) is 0 Å². The van der Waals surface area contributed by atoms with Crippen molar-refractivity contribution >= 4 is 45.2 Å². The highest BCUT2D eigenvalue weighted by molar-refractivity contribution is 9.10. The smallest absolute Gasteiger partial charge is 0.326 e. The molecule has 0 aliphatic rings. The van der Waals surface area contributed by atoms with E-state index in [9.17, 15) is 9.59 Å². The Hall–Kier alpha value is -1.27. The third-order valence-electron chi connectivity index (χ3n) is 2.21. The summed E-state index contributed by atoms with van der Waals surface area (Å²) in [6, 6.07) is 3.49. The summed E-state index contributed by atoms with van der Waals surface area (Å²) < 4.78 is 0.546. The van der Waals surface area contributed by atoms with Crippen molar-refractivity contribution in [3.8, 4) is 0 Å². The number of carbonyl (C=O) groups is 2. The van der Waals surface area contributed by atoms with Gasteiger partial charge >= 0.3 is 12.0 Å². The van der Waals surface area contributed by atoms with Gasteiger partial charge in [0.1, 0.15) is 6.04 Å². The highest BCUT2D eigenvalue weighted by Crippen LogP contribution is 2.29. The molecule has 5 nitrogen and oxygen atoms in total. The fourth-order valence-corrected chi connectivity index (χ4v) is 1.79. The van der Waals surface area contributed by atoms with Gasteiger partial charge in [0.15, 0.2) is 0 Å². The summed E-state index contributed by atoms with van der Waals surface area (Å²) >= 11 is 9.10. The largest absolute Gasteiger partial charge is 0.480 e. The van der Waals surface area contributed by atoms with Crippen LogP contribution >= 0.6 is 27.5 Å². The van der Waals surface area contributed by atoms with Crippen molar-refractivity contribution < 1.29 is 14.7 Å². The van der Waals surface area contributed by atoms with Gasteiger partial charge in [-0.15, -0.1) is 0 Å². The molecule has 0 aliphatic heterocycles. The number of hydrogen-bond donors (Lipinski definition) is 3. The molecule has 0 aliphatic carbocycles. The maximum absolute atomic E-state index is 11.6. The number of carbonyl (C=O) groups excluding carboxylic acids is 1. The van der Waals surface area contributed by atoms with Gasteiger partial charge in [-0.05, 0) is 34.5 Å². The van der Waals surface area contributed by atoms with Gasteiger partial charge in [-0.3, -0.25) is 0 Å². The van der Waals surface area contributed by atoms with E-state index in [1.165, 1.54) is 0 Å². The van der Waals surface area contributed by atoms with Crippen LogP contribution in [0.2, 0.25) is 5.02 Å². The molecule has 1 atom stereocenters. The van der Waals surface area contributed by atoms with Crippen molar-refractivity contribution in [2.75, 3.05) is 5.32 Å². The van der Waals surface area contributed by atoms with Crippen molar-refractivity contribution in [3.05, 3.63) is 27.7 Å². The van der Waals surface area contributed by atoms with Gasteiger partial charge in [0.25, 0.3) is 0 Å². The SMILES string of the molecule is CC[C@H](NC(=O)Nc1cccc(Cl)c1Br)C(=O)O. The molecular formula is C11H12BrClN2O3. The second kappa shape index (κ2) is 6.61. The lowest BCUT2D eigenvalue weighted by atomic mass is 10.2. The van der Waals surface area contributed by atoms with Crippen LogP contribution in [-0.4, -0.2) is 23.1 Å². The summed E-state index contributed by atoms with van der Waals surface area (Å²) in [5.41, 5.74) is 0.472. The lowest BCUT2D eigenvalue weighted by Gasteiger charge is -2.14. The average Bonchev–Trinajstić information content (AvgIpc) is 2.31. The van der Waals surface area contributed by atoms with Crippen molar-refractivity contribution in [1.82, 2.24) is 5.32 Å². The first-order chi connectivity index (χ1) is 8.45. The number of halogens is 2. The number of amides is 2. The molecule has 1 aromatic rings. The summed E-state index contributed by atoms with van der Waals surface area (Å²) in [5, 5.41) is 14.1. The molecule has 0 unspecified atom stereocenters. The minimum absolute atomic E-state index is 0.305. The number of urea groups is 1. The van der Waals surface area contributed by atoms with Gasteiger partial charge in [0, 0.05) is 0 Å². The van der Waals surface area contributed by atoms with E-state index in [1.54, 1.807) is 25.1 Å². The Bertz CT molecular complexity index is 468. The fourth-order valence-electron chi connectivity index (χ4n) is 1.26. The monoisotopic (exact) mass is 334 g/mol. The Kier molecular flexibility index (Phi) is 5.43.